The van der Waals surface area contributed by atoms with Gasteiger partial charge in [-0.15, -0.1) is 0 Å². The lowest BCUT2D eigenvalue weighted by Gasteiger charge is -2.14. The Balaban J connectivity index is 2.43. The molecule has 0 aliphatic carbocycles. The fourth-order valence-corrected chi connectivity index (χ4v) is 2.02. The summed E-state index contributed by atoms with van der Waals surface area (Å²) in [5.74, 6) is 0.104. The second kappa shape index (κ2) is 7.45. The number of carbonyl (C=O) groups is 1. The predicted molar refractivity (Wildman–Crippen MR) is 73.9 cm³/mol. The molecule has 0 aliphatic heterocycles. The lowest BCUT2D eigenvalue weighted by atomic mass is 10.1. The van der Waals surface area contributed by atoms with Gasteiger partial charge < -0.3 is 10.6 Å². The Bertz CT molecular complexity index is 368. The summed E-state index contributed by atoms with van der Waals surface area (Å²) in [6, 6.07) is 8.05. The molecular formula is C13H19BrN2O. The van der Waals surface area contributed by atoms with Crippen molar-refractivity contribution in [3.05, 3.63) is 34.3 Å². The predicted octanol–water partition coefficient (Wildman–Crippen LogP) is 2.63. The molecule has 0 unspecified atom stereocenters. The van der Waals surface area contributed by atoms with Gasteiger partial charge in [0.15, 0.2) is 0 Å². The third kappa shape index (κ3) is 5.33. The smallest absolute Gasteiger partial charge is 0.220 e. The van der Waals surface area contributed by atoms with Crippen LogP contribution in [-0.2, 0) is 4.79 Å². The highest BCUT2D eigenvalue weighted by Crippen LogP contribution is 2.17. The SMILES string of the molecule is CNCCCC(=O)N[C@H](C)c1cccc(Br)c1. The summed E-state index contributed by atoms with van der Waals surface area (Å²) in [6.45, 7) is 2.87. The first-order valence-electron chi connectivity index (χ1n) is 5.83. The fourth-order valence-electron chi connectivity index (χ4n) is 1.60. The van der Waals surface area contributed by atoms with Gasteiger partial charge in [0.25, 0.3) is 0 Å². The van der Waals surface area contributed by atoms with Gasteiger partial charge in [-0.2, -0.15) is 0 Å². The van der Waals surface area contributed by atoms with E-state index in [9.17, 15) is 4.79 Å². The van der Waals surface area contributed by atoms with E-state index >= 15 is 0 Å². The van der Waals surface area contributed by atoms with E-state index in [-0.39, 0.29) is 11.9 Å². The van der Waals surface area contributed by atoms with Crippen LogP contribution in [0.25, 0.3) is 0 Å². The lowest BCUT2D eigenvalue weighted by molar-refractivity contribution is -0.121. The Morgan fingerprint density at radius 2 is 2.24 bits per heavy atom. The molecule has 2 N–H and O–H groups in total. The Labute approximate surface area is 111 Å². The first kappa shape index (κ1) is 14.2. The maximum atomic E-state index is 11.6. The molecule has 94 valence electrons. The first-order valence-corrected chi connectivity index (χ1v) is 6.62. The van der Waals surface area contributed by atoms with Crippen molar-refractivity contribution >= 4 is 21.8 Å². The van der Waals surface area contributed by atoms with E-state index < -0.39 is 0 Å². The van der Waals surface area contributed by atoms with Crippen LogP contribution < -0.4 is 10.6 Å². The van der Waals surface area contributed by atoms with Gasteiger partial charge >= 0.3 is 0 Å². The zero-order valence-electron chi connectivity index (χ0n) is 10.3. The van der Waals surface area contributed by atoms with Crippen LogP contribution in [0.2, 0.25) is 0 Å². The minimum Gasteiger partial charge on any atom is -0.350 e. The van der Waals surface area contributed by atoms with Crippen LogP contribution in [0.4, 0.5) is 0 Å². The standard InChI is InChI=1S/C13H19BrN2O/c1-10(11-5-3-6-12(14)9-11)16-13(17)7-4-8-15-2/h3,5-6,9-10,15H,4,7-8H2,1-2H3,(H,16,17)/t10-/m1/s1. The van der Waals surface area contributed by atoms with E-state index in [0.29, 0.717) is 6.42 Å². The van der Waals surface area contributed by atoms with Gasteiger partial charge in [-0.25, -0.2) is 0 Å². The summed E-state index contributed by atoms with van der Waals surface area (Å²) < 4.78 is 1.03. The lowest BCUT2D eigenvalue weighted by Crippen LogP contribution is -2.27. The summed E-state index contributed by atoms with van der Waals surface area (Å²) in [5.41, 5.74) is 1.11. The molecule has 1 amide bonds. The average molecular weight is 299 g/mol. The van der Waals surface area contributed by atoms with Crippen LogP contribution in [0.15, 0.2) is 28.7 Å². The van der Waals surface area contributed by atoms with Gasteiger partial charge in [0.05, 0.1) is 6.04 Å². The number of benzene rings is 1. The van der Waals surface area contributed by atoms with Crippen LogP contribution >= 0.6 is 15.9 Å². The highest BCUT2D eigenvalue weighted by Gasteiger charge is 2.09. The molecule has 1 aromatic rings. The van der Waals surface area contributed by atoms with Crippen LogP contribution in [0.5, 0.6) is 0 Å². The zero-order chi connectivity index (χ0) is 12.7. The van der Waals surface area contributed by atoms with E-state index in [1.54, 1.807) is 0 Å². The van der Waals surface area contributed by atoms with Crippen molar-refractivity contribution in [3.8, 4) is 0 Å². The summed E-state index contributed by atoms with van der Waals surface area (Å²) in [4.78, 5) is 11.6. The topological polar surface area (TPSA) is 41.1 Å². The van der Waals surface area contributed by atoms with Gasteiger partial charge in [0, 0.05) is 10.9 Å². The van der Waals surface area contributed by atoms with E-state index in [1.807, 2.05) is 38.2 Å². The quantitative estimate of drug-likeness (QED) is 0.793. The molecule has 1 atom stereocenters. The molecule has 0 radical (unpaired) electrons. The number of carbonyl (C=O) groups excluding carboxylic acids is 1. The number of amides is 1. The van der Waals surface area contributed by atoms with Crippen LogP contribution in [0.3, 0.4) is 0 Å². The molecule has 1 rings (SSSR count). The van der Waals surface area contributed by atoms with Gasteiger partial charge in [-0.05, 0) is 44.6 Å². The molecule has 0 fully saturated rings. The van der Waals surface area contributed by atoms with Gasteiger partial charge in [0.2, 0.25) is 5.91 Å². The molecule has 0 aromatic heterocycles. The third-order valence-corrected chi connectivity index (χ3v) is 3.05. The average Bonchev–Trinajstić information content (AvgIpc) is 2.29. The highest BCUT2D eigenvalue weighted by atomic mass is 79.9. The molecule has 0 saturated carbocycles. The summed E-state index contributed by atoms with van der Waals surface area (Å²) in [7, 11) is 1.89. The fraction of sp³-hybridized carbons (Fsp3) is 0.462. The van der Waals surface area contributed by atoms with E-state index in [0.717, 1.165) is 23.0 Å². The number of rotatable bonds is 6. The van der Waals surface area contributed by atoms with Crippen molar-refractivity contribution in [3.63, 3.8) is 0 Å². The summed E-state index contributed by atoms with van der Waals surface area (Å²) in [5, 5.41) is 6.02. The monoisotopic (exact) mass is 298 g/mol. The van der Waals surface area contributed by atoms with Crippen LogP contribution in [0, 0.1) is 0 Å². The number of hydrogen-bond acceptors (Lipinski definition) is 2. The molecule has 3 nitrogen and oxygen atoms in total. The van der Waals surface area contributed by atoms with Crippen LogP contribution in [0.1, 0.15) is 31.4 Å². The zero-order valence-corrected chi connectivity index (χ0v) is 11.9. The molecule has 0 bridgehead atoms. The second-order valence-electron chi connectivity index (χ2n) is 4.05. The molecule has 0 aliphatic rings. The Hall–Kier alpha value is -0.870. The first-order chi connectivity index (χ1) is 8.13. The maximum absolute atomic E-state index is 11.6. The molecule has 1 aromatic carbocycles. The Morgan fingerprint density at radius 1 is 1.47 bits per heavy atom. The van der Waals surface area contributed by atoms with Crippen molar-refractivity contribution in [1.82, 2.24) is 10.6 Å². The molecular weight excluding hydrogens is 280 g/mol. The molecule has 0 saturated heterocycles. The number of nitrogens with one attached hydrogen (secondary N) is 2. The molecule has 17 heavy (non-hydrogen) atoms. The minimum atomic E-state index is 0.0505. The summed E-state index contributed by atoms with van der Waals surface area (Å²) >= 11 is 3.43. The van der Waals surface area contributed by atoms with Gasteiger partial charge in [0.1, 0.15) is 0 Å². The van der Waals surface area contributed by atoms with Crippen molar-refractivity contribution < 1.29 is 4.79 Å². The Kier molecular flexibility index (Phi) is 6.22. The molecule has 0 spiro atoms. The maximum Gasteiger partial charge on any atom is 0.220 e. The van der Waals surface area contributed by atoms with E-state index in [1.165, 1.54) is 0 Å². The number of halogens is 1. The highest BCUT2D eigenvalue weighted by molar-refractivity contribution is 9.10. The second-order valence-corrected chi connectivity index (χ2v) is 4.97. The van der Waals surface area contributed by atoms with Crippen molar-refractivity contribution in [2.75, 3.05) is 13.6 Å². The van der Waals surface area contributed by atoms with Crippen molar-refractivity contribution in [1.29, 1.82) is 0 Å². The number of hydrogen-bond donors (Lipinski definition) is 2. The normalized spacial score (nSPS) is 12.2. The minimum absolute atomic E-state index is 0.0505. The molecule has 4 heteroatoms. The van der Waals surface area contributed by atoms with Crippen molar-refractivity contribution in [2.24, 2.45) is 0 Å². The Morgan fingerprint density at radius 3 is 2.88 bits per heavy atom. The third-order valence-electron chi connectivity index (χ3n) is 2.56. The largest absolute Gasteiger partial charge is 0.350 e. The van der Waals surface area contributed by atoms with Gasteiger partial charge in [-0.3, -0.25) is 4.79 Å². The van der Waals surface area contributed by atoms with Crippen molar-refractivity contribution in [2.45, 2.75) is 25.8 Å². The summed E-state index contributed by atoms with van der Waals surface area (Å²) in [6.07, 6.45) is 1.44. The van der Waals surface area contributed by atoms with Crippen LogP contribution in [-0.4, -0.2) is 19.5 Å². The van der Waals surface area contributed by atoms with E-state index in [2.05, 4.69) is 26.6 Å². The van der Waals surface area contributed by atoms with E-state index in [4.69, 9.17) is 0 Å². The molecule has 0 heterocycles. The van der Waals surface area contributed by atoms with Gasteiger partial charge in [-0.1, -0.05) is 28.1 Å².